The quantitative estimate of drug-likeness (QED) is 0.541. The average molecular weight is 481 g/mol. The number of nitrogens with one attached hydrogen (secondary N) is 2. The van der Waals surface area contributed by atoms with E-state index in [0.717, 1.165) is 16.7 Å². The van der Waals surface area contributed by atoms with Gasteiger partial charge in [-0.3, -0.25) is 19.8 Å². The van der Waals surface area contributed by atoms with Gasteiger partial charge in [-0.25, -0.2) is 18.2 Å². The molecule has 0 aromatic heterocycles. The molecule has 0 saturated carbocycles. The Labute approximate surface area is 199 Å². The molecule has 3 aromatic carbocycles. The van der Waals surface area contributed by atoms with Crippen molar-refractivity contribution in [3.8, 4) is 11.1 Å². The van der Waals surface area contributed by atoms with Crippen LogP contribution < -0.4 is 15.8 Å². The first-order valence-corrected chi connectivity index (χ1v) is 10.9. The standard InChI is InChI=1S/C26H22F3N3O3/c1-14-17-7-3-4-8-18(17)19-9-5-6-10-22(19)32(26(14)35)31-25(34)15(2)30-23(33)13-16-11-20(27)24(29)21(28)12-16/h3-12,14-15H,13H2,1-2H3,(H,30,33)(H,31,34)/t14?,15-/m0/s1. The number of fused-ring (bicyclic) bond motifs is 3. The SMILES string of the molecule is CC1C(=O)N(NC(=O)[C@H](C)NC(=O)Cc2cc(F)c(F)c(F)c2)c2ccccc2-c2ccccc21. The number of rotatable bonds is 5. The van der Waals surface area contributed by atoms with Crippen LogP contribution in [0.3, 0.4) is 0 Å². The van der Waals surface area contributed by atoms with Crippen LogP contribution >= 0.6 is 0 Å². The zero-order valence-corrected chi connectivity index (χ0v) is 18.9. The van der Waals surface area contributed by atoms with Crippen molar-refractivity contribution in [2.75, 3.05) is 5.01 Å². The molecule has 6 nitrogen and oxygen atoms in total. The second kappa shape index (κ2) is 9.61. The van der Waals surface area contributed by atoms with Gasteiger partial charge in [-0.2, -0.15) is 0 Å². The highest BCUT2D eigenvalue weighted by Gasteiger charge is 2.33. The van der Waals surface area contributed by atoms with Gasteiger partial charge in [-0.1, -0.05) is 42.5 Å². The minimum Gasteiger partial charge on any atom is -0.344 e. The average Bonchev–Trinajstić information content (AvgIpc) is 2.92. The molecule has 2 atom stereocenters. The van der Waals surface area contributed by atoms with Gasteiger partial charge in [0.05, 0.1) is 18.0 Å². The molecule has 0 spiro atoms. The van der Waals surface area contributed by atoms with E-state index in [0.29, 0.717) is 17.8 Å². The fourth-order valence-corrected chi connectivity index (χ4v) is 4.04. The largest absolute Gasteiger partial charge is 0.344 e. The van der Waals surface area contributed by atoms with Crippen LogP contribution in [-0.4, -0.2) is 23.8 Å². The summed E-state index contributed by atoms with van der Waals surface area (Å²) in [7, 11) is 0. The van der Waals surface area contributed by atoms with Crippen molar-refractivity contribution in [1.29, 1.82) is 0 Å². The number of nitrogens with zero attached hydrogens (tertiary/aromatic N) is 1. The molecule has 0 fully saturated rings. The Kier molecular flexibility index (Phi) is 6.59. The van der Waals surface area contributed by atoms with E-state index in [2.05, 4.69) is 10.7 Å². The van der Waals surface area contributed by atoms with Gasteiger partial charge in [-0.05, 0) is 48.7 Å². The molecule has 1 aliphatic rings. The number of carbonyl (C=O) groups is 3. The summed E-state index contributed by atoms with van der Waals surface area (Å²) in [6.45, 7) is 3.16. The molecule has 2 N–H and O–H groups in total. The molecule has 1 heterocycles. The summed E-state index contributed by atoms with van der Waals surface area (Å²) >= 11 is 0. The van der Waals surface area contributed by atoms with Crippen LogP contribution in [-0.2, 0) is 20.8 Å². The topological polar surface area (TPSA) is 78.5 Å². The van der Waals surface area contributed by atoms with E-state index in [9.17, 15) is 27.6 Å². The van der Waals surface area contributed by atoms with E-state index in [1.165, 1.54) is 11.9 Å². The van der Waals surface area contributed by atoms with E-state index in [4.69, 9.17) is 0 Å². The highest BCUT2D eigenvalue weighted by Crippen LogP contribution is 2.39. The fraction of sp³-hybridized carbons (Fsp3) is 0.192. The predicted molar refractivity (Wildman–Crippen MR) is 124 cm³/mol. The third kappa shape index (κ3) is 4.75. The first-order valence-electron chi connectivity index (χ1n) is 10.9. The van der Waals surface area contributed by atoms with Crippen LogP contribution in [0.5, 0.6) is 0 Å². The van der Waals surface area contributed by atoms with Crippen LogP contribution in [0, 0.1) is 17.5 Å². The summed E-state index contributed by atoms with van der Waals surface area (Å²) in [6.07, 6.45) is -0.469. The van der Waals surface area contributed by atoms with Crippen molar-refractivity contribution in [3.63, 3.8) is 0 Å². The number of hydrogen-bond donors (Lipinski definition) is 2. The molecule has 35 heavy (non-hydrogen) atoms. The van der Waals surface area contributed by atoms with E-state index in [-0.39, 0.29) is 11.5 Å². The number of anilines is 1. The summed E-state index contributed by atoms with van der Waals surface area (Å²) in [6, 6.07) is 15.0. The zero-order valence-electron chi connectivity index (χ0n) is 18.9. The number of carbonyl (C=O) groups excluding carboxylic acids is 3. The number of halogens is 3. The summed E-state index contributed by atoms with van der Waals surface area (Å²) in [5.74, 6) is -6.73. The molecule has 3 amide bonds. The third-order valence-electron chi connectivity index (χ3n) is 5.85. The molecule has 9 heteroatoms. The molecular formula is C26H22F3N3O3. The highest BCUT2D eigenvalue weighted by molar-refractivity contribution is 6.06. The number of amides is 3. The Hall–Kier alpha value is -4.14. The number of hydrazine groups is 1. The Balaban J connectivity index is 1.51. The Morgan fingerprint density at radius 3 is 2.26 bits per heavy atom. The molecule has 0 saturated heterocycles. The fourth-order valence-electron chi connectivity index (χ4n) is 4.04. The van der Waals surface area contributed by atoms with E-state index in [1.807, 2.05) is 36.4 Å². The van der Waals surface area contributed by atoms with Gasteiger partial charge in [0.25, 0.3) is 11.8 Å². The van der Waals surface area contributed by atoms with Gasteiger partial charge in [0, 0.05) is 5.56 Å². The Morgan fingerprint density at radius 2 is 1.57 bits per heavy atom. The maximum absolute atomic E-state index is 13.4. The summed E-state index contributed by atoms with van der Waals surface area (Å²) in [4.78, 5) is 38.6. The first kappa shape index (κ1) is 24.0. The molecule has 4 rings (SSSR count). The maximum Gasteiger partial charge on any atom is 0.261 e. The van der Waals surface area contributed by atoms with Crippen molar-refractivity contribution in [2.45, 2.75) is 32.2 Å². The van der Waals surface area contributed by atoms with Crippen molar-refractivity contribution in [3.05, 3.63) is 89.2 Å². The second-order valence-corrected chi connectivity index (χ2v) is 8.32. The normalized spacial score (nSPS) is 15.5. The summed E-state index contributed by atoms with van der Waals surface area (Å²) in [5, 5.41) is 3.60. The van der Waals surface area contributed by atoms with Crippen LogP contribution in [0.4, 0.5) is 18.9 Å². The monoisotopic (exact) mass is 481 g/mol. The van der Waals surface area contributed by atoms with E-state index in [1.54, 1.807) is 19.1 Å². The van der Waals surface area contributed by atoms with Gasteiger partial charge in [0.2, 0.25) is 5.91 Å². The lowest BCUT2D eigenvalue weighted by molar-refractivity contribution is -0.130. The minimum absolute atomic E-state index is 0.0882. The predicted octanol–water partition coefficient (Wildman–Crippen LogP) is 4.00. The van der Waals surface area contributed by atoms with Crippen molar-refractivity contribution < 1.29 is 27.6 Å². The van der Waals surface area contributed by atoms with Crippen molar-refractivity contribution >= 4 is 23.4 Å². The zero-order chi connectivity index (χ0) is 25.3. The van der Waals surface area contributed by atoms with Crippen molar-refractivity contribution in [2.24, 2.45) is 0 Å². The second-order valence-electron chi connectivity index (χ2n) is 8.32. The van der Waals surface area contributed by atoms with E-state index >= 15 is 0 Å². The minimum atomic E-state index is -1.62. The number of hydrogen-bond acceptors (Lipinski definition) is 3. The summed E-state index contributed by atoms with van der Waals surface area (Å²) < 4.78 is 40.0. The van der Waals surface area contributed by atoms with Gasteiger partial charge in [0.15, 0.2) is 17.5 Å². The molecule has 1 aliphatic heterocycles. The number of benzene rings is 3. The third-order valence-corrected chi connectivity index (χ3v) is 5.85. The van der Waals surface area contributed by atoms with Crippen molar-refractivity contribution in [1.82, 2.24) is 10.7 Å². The highest BCUT2D eigenvalue weighted by atomic mass is 19.2. The van der Waals surface area contributed by atoms with Gasteiger partial charge in [0.1, 0.15) is 6.04 Å². The Morgan fingerprint density at radius 1 is 0.971 bits per heavy atom. The molecule has 3 aromatic rings. The lowest BCUT2D eigenvalue weighted by Gasteiger charge is -2.27. The van der Waals surface area contributed by atoms with Gasteiger partial charge < -0.3 is 5.32 Å². The molecule has 0 radical (unpaired) electrons. The molecule has 0 aliphatic carbocycles. The molecule has 0 bridgehead atoms. The summed E-state index contributed by atoms with van der Waals surface area (Å²) in [5.41, 5.74) is 5.44. The lowest BCUT2D eigenvalue weighted by atomic mass is 9.92. The van der Waals surface area contributed by atoms with Crippen LogP contribution in [0.2, 0.25) is 0 Å². The van der Waals surface area contributed by atoms with Gasteiger partial charge >= 0.3 is 0 Å². The van der Waals surface area contributed by atoms with Gasteiger partial charge in [-0.15, -0.1) is 0 Å². The first-order chi connectivity index (χ1) is 16.7. The Bertz CT molecular complexity index is 1300. The smallest absolute Gasteiger partial charge is 0.261 e. The lowest BCUT2D eigenvalue weighted by Crippen LogP contribution is -2.54. The number of para-hydroxylation sites is 1. The van der Waals surface area contributed by atoms with E-state index < -0.39 is 47.6 Å². The van der Waals surface area contributed by atoms with Crippen LogP contribution in [0.1, 0.15) is 30.9 Å². The van der Waals surface area contributed by atoms with Crippen LogP contribution in [0.15, 0.2) is 60.7 Å². The molecule has 180 valence electrons. The molecule has 1 unspecified atom stereocenters. The molecular weight excluding hydrogens is 459 g/mol. The van der Waals surface area contributed by atoms with Crippen LogP contribution in [0.25, 0.3) is 11.1 Å². The maximum atomic E-state index is 13.4.